The largest absolute Gasteiger partial charge is 0.486 e. The van der Waals surface area contributed by atoms with Crippen molar-refractivity contribution in [3.8, 4) is 5.75 Å². The molecular formula is C15H24F2N2O. The Morgan fingerprint density at radius 3 is 2.20 bits per heavy atom. The topological polar surface area (TPSA) is 38.5 Å². The Morgan fingerprint density at radius 2 is 1.75 bits per heavy atom. The average molecular weight is 286 g/mol. The fraction of sp³-hybridized carbons (Fsp3) is 0.600. The van der Waals surface area contributed by atoms with Crippen LogP contribution in [0, 0.1) is 11.6 Å². The van der Waals surface area contributed by atoms with Gasteiger partial charge >= 0.3 is 0 Å². The molecule has 0 aliphatic heterocycles. The molecule has 0 aromatic heterocycles. The lowest BCUT2D eigenvalue weighted by molar-refractivity contribution is 0.211. The average Bonchev–Trinajstić information content (AvgIpc) is 2.36. The lowest BCUT2D eigenvalue weighted by atomic mass is 10.1. The second kappa shape index (κ2) is 8.17. The Hall–Kier alpha value is -1.20. The van der Waals surface area contributed by atoms with E-state index in [4.69, 9.17) is 10.5 Å². The Balaban J connectivity index is 2.66. The molecule has 114 valence electrons. The molecule has 0 fully saturated rings. The van der Waals surface area contributed by atoms with Gasteiger partial charge in [0.05, 0.1) is 0 Å². The minimum absolute atomic E-state index is 0.136. The quantitative estimate of drug-likeness (QED) is 0.798. The van der Waals surface area contributed by atoms with Crippen LogP contribution in [0.15, 0.2) is 12.1 Å². The molecule has 20 heavy (non-hydrogen) atoms. The number of halogens is 2. The highest BCUT2D eigenvalue weighted by Crippen LogP contribution is 2.23. The number of benzene rings is 1. The number of hydrogen-bond acceptors (Lipinski definition) is 3. The molecule has 0 aliphatic carbocycles. The minimum atomic E-state index is -0.666. The Labute approximate surface area is 119 Å². The van der Waals surface area contributed by atoms with Crippen LogP contribution in [-0.2, 0) is 6.42 Å². The molecule has 5 heteroatoms. The van der Waals surface area contributed by atoms with E-state index in [1.165, 1.54) is 12.1 Å². The Kier molecular flexibility index (Phi) is 6.88. The molecule has 3 nitrogen and oxygen atoms in total. The highest BCUT2D eigenvalue weighted by molar-refractivity contribution is 5.31. The van der Waals surface area contributed by atoms with Crippen molar-refractivity contribution < 1.29 is 13.5 Å². The lowest BCUT2D eigenvalue weighted by Gasteiger charge is -2.18. The first-order valence-electron chi connectivity index (χ1n) is 7.06. The maximum Gasteiger partial charge on any atom is 0.190 e. The highest BCUT2D eigenvalue weighted by Gasteiger charge is 2.13. The summed E-state index contributed by atoms with van der Waals surface area (Å²) in [6.45, 7) is 8.55. The molecule has 0 spiro atoms. The van der Waals surface area contributed by atoms with Crippen LogP contribution in [0.4, 0.5) is 8.78 Å². The Bertz CT molecular complexity index is 397. The molecule has 1 aromatic carbocycles. The number of nitrogens with two attached hydrogens (primary N) is 1. The second-order valence-electron chi connectivity index (χ2n) is 4.95. The first kappa shape index (κ1) is 16.9. The van der Waals surface area contributed by atoms with E-state index in [9.17, 15) is 8.78 Å². The van der Waals surface area contributed by atoms with Crippen LogP contribution >= 0.6 is 0 Å². The van der Waals surface area contributed by atoms with E-state index in [2.05, 4.69) is 4.90 Å². The molecule has 0 radical (unpaired) electrons. The van der Waals surface area contributed by atoms with Gasteiger partial charge in [0.2, 0.25) is 0 Å². The summed E-state index contributed by atoms with van der Waals surface area (Å²) in [4.78, 5) is 2.13. The molecule has 0 amide bonds. The highest BCUT2D eigenvalue weighted by atomic mass is 19.1. The van der Waals surface area contributed by atoms with Crippen molar-refractivity contribution in [3.63, 3.8) is 0 Å². The van der Waals surface area contributed by atoms with E-state index in [0.717, 1.165) is 13.1 Å². The van der Waals surface area contributed by atoms with Gasteiger partial charge in [0.1, 0.15) is 6.61 Å². The fourth-order valence-corrected chi connectivity index (χ4v) is 2.06. The molecule has 1 rings (SSSR count). The molecule has 1 aromatic rings. The minimum Gasteiger partial charge on any atom is -0.486 e. The zero-order valence-electron chi connectivity index (χ0n) is 12.5. The summed E-state index contributed by atoms with van der Waals surface area (Å²) in [6, 6.07) is 2.45. The van der Waals surface area contributed by atoms with Crippen LogP contribution in [0.3, 0.4) is 0 Å². The van der Waals surface area contributed by atoms with Gasteiger partial charge in [-0.25, -0.2) is 8.78 Å². The number of likely N-dealkylation sites (N-methyl/N-ethyl adjacent to an activating group) is 1. The van der Waals surface area contributed by atoms with E-state index in [-0.39, 0.29) is 18.4 Å². The molecule has 0 saturated heterocycles. The SMILES string of the molecule is CCN(CC)CCOc1c(F)cc(CC(C)N)cc1F. The normalized spacial score (nSPS) is 12.8. The number of hydrogen-bond donors (Lipinski definition) is 1. The van der Waals surface area contributed by atoms with E-state index >= 15 is 0 Å². The predicted molar refractivity (Wildman–Crippen MR) is 77.0 cm³/mol. The van der Waals surface area contributed by atoms with Crippen molar-refractivity contribution in [2.45, 2.75) is 33.2 Å². The van der Waals surface area contributed by atoms with Crippen molar-refractivity contribution in [2.24, 2.45) is 5.73 Å². The smallest absolute Gasteiger partial charge is 0.190 e. The molecule has 1 atom stereocenters. The summed E-state index contributed by atoms with van der Waals surface area (Å²) in [7, 11) is 0. The summed E-state index contributed by atoms with van der Waals surface area (Å²) in [5.74, 6) is -1.63. The van der Waals surface area contributed by atoms with Crippen molar-refractivity contribution in [2.75, 3.05) is 26.2 Å². The first-order chi connectivity index (χ1) is 9.47. The maximum absolute atomic E-state index is 13.8. The number of rotatable bonds is 8. The van der Waals surface area contributed by atoms with Crippen LogP contribution in [0.5, 0.6) is 5.75 Å². The van der Waals surface area contributed by atoms with Gasteiger partial charge in [-0.05, 0) is 44.1 Å². The van der Waals surface area contributed by atoms with Crippen molar-refractivity contribution in [1.82, 2.24) is 4.90 Å². The van der Waals surface area contributed by atoms with Gasteiger partial charge in [-0.3, -0.25) is 0 Å². The number of nitrogens with zero attached hydrogens (tertiary/aromatic N) is 1. The summed E-state index contributed by atoms with van der Waals surface area (Å²) in [5, 5.41) is 0. The lowest BCUT2D eigenvalue weighted by Crippen LogP contribution is -2.28. The molecule has 2 N–H and O–H groups in total. The molecule has 0 aliphatic rings. The van der Waals surface area contributed by atoms with E-state index in [1.54, 1.807) is 6.92 Å². The number of ether oxygens (including phenoxy) is 1. The third-order valence-corrected chi connectivity index (χ3v) is 3.16. The standard InChI is InChI=1S/C15H24F2N2O/c1-4-19(5-2)6-7-20-15-13(16)9-12(8-11(3)18)10-14(15)17/h9-11H,4-8,18H2,1-3H3. The van der Waals surface area contributed by atoms with E-state index in [0.29, 0.717) is 18.5 Å². The van der Waals surface area contributed by atoms with Gasteiger partial charge in [-0.2, -0.15) is 0 Å². The van der Waals surface area contributed by atoms with Crippen LogP contribution in [0.25, 0.3) is 0 Å². The molecule has 0 bridgehead atoms. The summed E-state index contributed by atoms with van der Waals surface area (Å²) >= 11 is 0. The van der Waals surface area contributed by atoms with E-state index < -0.39 is 11.6 Å². The monoisotopic (exact) mass is 286 g/mol. The van der Waals surface area contributed by atoms with Gasteiger partial charge < -0.3 is 15.4 Å². The van der Waals surface area contributed by atoms with Crippen LogP contribution in [0.1, 0.15) is 26.3 Å². The van der Waals surface area contributed by atoms with Gasteiger partial charge in [0.15, 0.2) is 17.4 Å². The second-order valence-corrected chi connectivity index (χ2v) is 4.95. The van der Waals surface area contributed by atoms with Crippen LogP contribution in [0.2, 0.25) is 0 Å². The van der Waals surface area contributed by atoms with Gasteiger partial charge in [-0.1, -0.05) is 13.8 Å². The zero-order valence-corrected chi connectivity index (χ0v) is 12.5. The molecular weight excluding hydrogens is 262 g/mol. The van der Waals surface area contributed by atoms with Crippen LogP contribution in [-0.4, -0.2) is 37.2 Å². The van der Waals surface area contributed by atoms with Crippen molar-refractivity contribution in [1.29, 1.82) is 0 Å². The first-order valence-corrected chi connectivity index (χ1v) is 7.06. The van der Waals surface area contributed by atoms with Crippen molar-refractivity contribution >= 4 is 0 Å². The summed E-state index contributed by atoms with van der Waals surface area (Å²) < 4.78 is 32.9. The molecule has 0 saturated carbocycles. The summed E-state index contributed by atoms with van der Waals surface area (Å²) in [5.41, 5.74) is 6.17. The van der Waals surface area contributed by atoms with Gasteiger partial charge in [0, 0.05) is 12.6 Å². The maximum atomic E-state index is 13.8. The van der Waals surface area contributed by atoms with E-state index in [1.807, 2.05) is 13.8 Å². The molecule has 0 heterocycles. The van der Waals surface area contributed by atoms with Gasteiger partial charge in [0.25, 0.3) is 0 Å². The zero-order chi connectivity index (χ0) is 15.1. The third kappa shape index (κ3) is 5.06. The van der Waals surface area contributed by atoms with Crippen molar-refractivity contribution in [3.05, 3.63) is 29.3 Å². The Morgan fingerprint density at radius 1 is 1.20 bits per heavy atom. The predicted octanol–water partition coefficient (Wildman–Crippen LogP) is 2.58. The van der Waals surface area contributed by atoms with Crippen LogP contribution < -0.4 is 10.5 Å². The van der Waals surface area contributed by atoms with Gasteiger partial charge in [-0.15, -0.1) is 0 Å². The third-order valence-electron chi connectivity index (χ3n) is 3.16. The molecule has 1 unspecified atom stereocenters. The fourth-order valence-electron chi connectivity index (χ4n) is 2.06. The summed E-state index contributed by atoms with van der Waals surface area (Å²) in [6.07, 6.45) is 0.438.